The van der Waals surface area contributed by atoms with Gasteiger partial charge in [0.2, 0.25) is 5.27 Å². The summed E-state index contributed by atoms with van der Waals surface area (Å²) in [6.07, 6.45) is 0.897. The number of ether oxygens (including phenoxy) is 1. The van der Waals surface area contributed by atoms with Crippen LogP contribution in [0.15, 0.2) is 10.7 Å². The van der Waals surface area contributed by atoms with Crippen molar-refractivity contribution in [1.29, 1.82) is 0 Å². The maximum Gasteiger partial charge on any atom is 0.465 e. The second kappa shape index (κ2) is 4.45. The van der Waals surface area contributed by atoms with Crippen LogP contribution >= 0.6 is 0 Å². The summed E-state index contributed by atoms with van der Waals surface area (Å²) in [4.78, 5) is 12.5. The standard InChI is InChI=1S/C7H13N4O3/c1-3-10(7(12)13-4-2)11-5-6(8)14-9-11/h5H,3-4,8H2,1-2H3/q+1. The number of aromatic nitrogens is 2. The third kappa shape index (κ3) is 2.12. The summed E-state index contributed by atoms with van der Waals surface area (Å²) in [6, 6.07) is 0. The van der Waals surface area contributed by atoms with Crippen LogP contribution in [0.5, 0.6) is 0 Å². The van der Waals surface area contributed by atoms with Crippen molar-refractivity contribution in [3.8, 4) is 0 Å². The minimum atomic E-state index is -0.492. The summed E-state index contributed by atoms with van der Waals surface area (Å²) in [5, 5.41) is 4.79. The lowest BCUT2D eigenvalue weighted by Gasteiger charge is -2.07. The number of carbonyl (C=O) groups is 1. The number of nitrogens with zero attached hydrogens (tertiary/aromatic N) is 3. The van der Waals surface area contributed by atoms with Crippen molar-refractivity contribution < 1.29 is 18.8 Å². The quantitative estimate of drug-likeness (QED) is 0.676. The van der Waals surface area contributed by atoms with Gasteiger partial charge >= 0.3 is 6.09 Å². The van der Waals surface area contributed by atoms with Gasteiger partial charge in [0.15, 0.2) is 0 Å². The van der Waals surface area contributed by atoms with Gasteiger partial charge in [-0.15, -0.1) is 0 Å². The predicted molar refractivity (Wildman–Crippen MR) is 46.9 cm³/mol. The first kappa shape index (κ1) is 10.3. The van der Waals surface area contributed by atoms with Crippen LogP contribution in [0.3, 0.4) is 0 Å². The number of hydrogen-bond donors (Lipinski definition) is 1. The van der Waals surface area contributed by atoms with Crippen LogP contribution in [-0.4, -0.2) is 24.5 Å². The molecule has 0 fully saturated rings. The Morgan fingerprint density at radius 2 is 2.50 bits per heavy atom. The Labute approximate surface area is 81.0 Å². The maximum atomic E-state index is 11.3. The molecule has 1 aromatic rings. The molecule has 0 aromatic carbocycles. The van der Waals surface area contributed by atoms with E-state index in [1.165, 1.54) is 16.0 Å². The Bertz CT molecular complexity index is 312. The molecule has 14 heavy (non-hydrogen) atoms. The molecule has 0 bridgehead atoms. The minimum Gasteiger partial charge on any atom is -0.446 e. The Morgan fingerprint density at radius 3 is 2.93 bits per heavy atom. The van der Waals surface area contributed by atoms with E-state index in [-0.39, 0.29) is 5.88 Å². The van der Waals surface area contributed by atoms with Crippen molar-refractivity contribution >= 4 is 12.0 Å². The molecule has 7 heteroatoms. The molecule has 0 aliphatic carbocycles. The van der Waals surface area contributed by atoms with Crippen molar-refractivity contribution in [2.45, 2.75) is 13.8 Å². The average Bonchev–Trinajstić information content (AvgIpc) is 2.54. The molecule has 1 heterocycles. The second-order valence-corrected chi connectivity index (χ2v) is 2.44. The normalized spacial score (nSPS) is 9.86. The van der Waals surface area contributed by atoms with Gasteiger partial charge in [-0.2, -0.15) is 0 Å². The number of hydrogen-bond acceptors (Lipinski definition) is 5. The molecule has 0 saturated heterocycles. The molecular formula is C7H13N4O3+. The summed E-state index contributed by atoms with van der Waals surface area (Å²) in [7, 11) is 0. The third-order valence-electron chi connectivity index (χ3n) is 1.50. The molecule has 0 radical (unpaired) electrons. The van der Waals surface area contributed by atoms with E-state index in [4.69, 9.17) is 10.5 Å². The number of anilines is 1. The zero-order chi connectivity index (χ0) is 10.6. The molecule has 1 aromatic heterocycles. The maximum absolute atomic E-state index is 11.3. The molecule has 1 amide bonds. The lowest BCUT2D eigenvalue weighted by Crippen LogP contribution is -2.61. The average molecular weight is 201 g/mol. The molecule has 2 N–H and O–H groups in total. The molecular weight excluding hydrogens is 188 g/mol. The van der Waals surface area contributed by atoms with Crippen molar-refractivity contribution in [2.24, 2.45) is 0 Å². The van der Waals surface area contributed by atoms with Gasteiger partial charge in [-0.1, -0.05) is 0 Å². The predicted octanol–water partition coefficient (Wildman–Crippen LogP) is -0.341. The van der Waals surface area contributed by atoms with Crippen molar-refractivity contribution in [2.75, 3.05) is 23.9 Å². The molecule has 0 atom stereocenters. The highest BCUT2D eigenvalue weighted by Crippen LogP contribution is 1.92. The first-order valence-electron chi connectivity index (χ1n) is 4.27. The van der Waals surface area contributed by atoms with Gasteiger partial charge in [0.25, 0.3) is 12.1 Å². The van der Waals surface area contributed by atoms with Crippen LogP contribution < -0.4 is 15.5 Å². The van der Waals surface area contributed by atoms with Crippen LogP contribution in [0.1, 0.15) is 13.8 Å². The number of nitrogen functional groups attached to an aromatic ring is 1. The van der Waals surface area contributed by atoms with E-state index >= 15 is 0 Å². The van der Waals surface area contributed by atoms with E-state index in [1.54, 1.807) is 13.8 Å². The summed E-state index contributed by atoms with van der Waals surface area (Å²) in [5.74, 6) is 0.132. The molecule has 1 rings (SSSR count). The highest BCUT2D eigenvalue weighted by molar-refractivity contribution is 5.76. The van der Waals surface area contributed by atoms with Gasteiger partial charge in [-0.25, -0.2) is 4.79 Å². The van der Waals surface area contributed by atoms with Crippen molar-refractivity contribution in [1.82, 2.24) is 5.27 Å². The molecule has 0 aliphatic rings. The topological polar surface area (TPSA) is 85.5 Å². The van der Waals surface area contributed by atoms with Crippen LogP contribution in [0.4, 0.5) is 10.7 Å². The van der Waals surface area contributed by atoms with Crippen LogP contribution in [-0.2, 0) is 4.74 Å². The Balaban J connectivity index is 2.76. The summed E-state index contributed by atoms with van der Waals surface area (Å²) < 4.78 is 9.42. The molecule has 78 valence electrons. The van der Waals surface area contributed by atoms with E-state index in [0.717, 1.165) is 0 Å². The third-order valence-corrected chi connectivity index (χ3v) is 1.50. The fourth-order valence-electron chi connectivity index (χ4n) is 0.919. The fourth-order valence-corrected chi connectivity index (χ4v) is 0.919. The highest BCUT2D eigenvalue weighted by atomic mass is 16.6. The van der Waals surface area contributed by atoms with Gasteiger partial charge in [-0.05, 0) is 18.9 Å². The number of rotatable bonds is 3. The molecule has 0 unspecified atom stereocenters. The van der Waals surface area contributed by atoms with Gasteiger partial charge in [0.1, 0.15) is 0 Å². The van der Waals surface area contributed by atoms with E-state index in [0.29, 0.717) is 13.2 Å². The van der Waals surface area contributed by atoms with Crippen LogP contribution in [0, 0.1) is 0 Å². The first-order valence-corrected chi connectivity index (χ1v) is 4.27. The monoisotopic (exact) mass is 201 g/mol. The van der Waals surface area contributed by atoms with E-state index in [2.05, 4.69) is 9.79 Å². The van der Waals surface area contributed by atoms with Gasteiger partial charge < -0.3 is 10.5 Å². The van der Waals surface area contributed by atoms with Crippen LogP contribution in [0.2, 0.25) is 0 Å². The first-order chi connectivity index (χ1) is 6.69. The molecule has 0 aliphatic heterocycles. The second-order valence-electron chi connectivity index (χ2n) is 2.44. The van der Waals surface area contributed by atoms with Crippen molar-refractivity contribution in [3.63, 3.8) is 0 Å². The Hall–Kier alpha value is -1.79. The smallest absolute Gasteiger partial charge is 0.446 e. The summed E-state index contributed by atoms with van der Waals surface area (Å²) in [6.45, 7) is 4.24. The highest BCUT2D eigenvalue weighted by Gasteiger charge is 2.26. The number of carbonyl (C=O) groups excluding carboxylic acids is 1. The lowest BCUT2D eigenvalue weighted by molar-refractivity contribution is -0.749. The zero-order valence-electron chi connectivity index (χ0n) is 8.14. The molecule has 7 nitrogen and oxygen atoms in total. The fraction of sp³-hybridized carbons (Fsp3) is 0.571. The zero-order valence-corrected chi connectivity index (χ0v) is 8.14. The Kier molecular flexibility index (Phi) is 3.27. The van der Waals surface area contributed by atoms with Crippen LogP contribution in [0.25, 0.3) is 0 Å². The molecule has 0 saturated carbocycles. The van der Waals surface area contributed by atoms with E-state index in [9.17, 15) is 4.79 Å². The summed E-state index contributed by atoms with van der Waals surface area (Å²) >= 11 is 0. The number of amides is 1. The largest absolute Gasteiger partial charge is 0.465 e. The lowest BCUT2D eigenvalue weighted by atomic mass is 10.7. The van der Waals surface area contributed by atoms with E-state index < -0.39 is 6.09 Å². The van der Waals surface area contributed by atoms with Gasteiger partial charge in [-0.3, -0.25) is 4.52 Å². The summed E-state index contributed by atoms with van der Waals surface area (Å²) in [5.41, 5.74) is 5.32. The molecule has 0 spiro atoms. The van der Waals surface area contributed by atoms with E-state index in [1.807, 2.05) is 0 Å². The SMILES string of the molecule is CCOC(=O)N(CC)[n+]1cc(N)on1. The van der Waals surface area contributed by atoms with Gasteiger partial charge in [0.05, 0.1) is 17.9 Å². The van der Waals surface area contributed by atoms with Crippen molar-refractivity contribution in [3.05, 3.63) is 6.20 Å². The Morgan fingerprint density at radius 1 is 1.79 bits per heavy atom. The number of nitrogens with two attached hydrogens (primary N) is 1. The van der Waals surface area contributed by atoms with Gasteiger partial charge in [0, 0.05) is 0 Å². The minimum absolute atomic E-state index is 0.132.